The molecule has 0 saturated heterocycles. The summed E-state index contributed by atoms with van der Waals surface area (Å²) in [4.78, 5) is 11.9. The number of hydrogen-bond donors (Lipinski definition) is 0. The molecule has 0 rings (SSSR count). The molecule has 0 bridgehead atoms. The highest BCUT2D eigenvalue weighted by Crippen LogP contribution is 2.19. The molecule has 28 heavy (non-hydrogen) atoms. The average Bonchev–Trinajstić information content (AvgIpc) is 2.70. The number of rotatable bonds is 21. The lowest BCUT2D eigenvalue weighted by molar-refractivity contribution is 0.0406. The van der Waals surface area contributed by atoms with Gasteiger partial charge in [-0.2, -0.15) is 0 Å². The van der Waals surface area contributed by atoms with Crippen LogP contribution in [0.25, 0.3) is 0 Å². The zero-order chi connectivity index (χ0) is 20.7. The Labute approximate surface area is 183 Å². The topological polar surface area (TPSA) is 35.5 Å². The van der Waals surface area contributed by atoms with Crippen molar-refractivity contribution < 1.29 is 14.3 Å². The van der Waals surface area contributed by atoms with Crippen LogP contribution in [0.1, 0.15) is 123 Å². The molecule has 0 aromatic heterocycles. The van der Waals surface area contributed by atoms with E-state index in [9.17, 15) is 4.79 Å². The first-order chi connectivity index (χ1) is 13.7. The molecule has 0 aromatic rings. The third-order valence-electron chi connectivity index (χ3n) is 5.37. The molecule has 0 aliphatic rings. The van der Waals surface area contributed by atoms with E-state index in [2.05, 4.69) is 29.8 Å². The average molecular weight is 464 g/mol. The molecule has 0 aliphatic heterocycles. The number of ether oxygens (including phenoxy) is 2. The lowest BCUT2D eigenvalue weighted by atomic mass is 9.95. The first-order valence-electron chi connectivity index (χ1n) is 12.1. The fraction of sp³-hybridized carbons (Fsp3) is 0.958. The molecule has 0 saturated carbocycles. The molecule has 1 unspecified atom stereocenters. The zero-order valence-corrected chi connectivity index (χ0v) is 20.4. The minimum absolute atomic E-state index is 0.470. The van der Waals surface area contributed by atoms with E-state index < -0.39 is 6.16 Å². The highest BCUT2D eigenvalue weighted by molar-refractivity contribution is 9.09. The molecular weight excluding hydrogens is 416 g/mol. The quantitative estimate of drug-likeness (QED) is 0.0969. The lowest BCUT2D eigenvalue weighted by Gasteiger charge is -2.17. The Bertz CT molecular complexity index is 323. The van der Waals surface area contributed by atoms with Crippen molar-refractivity contribution >= 4 is 22.1 Å². The molecule has 168 valence electrons. The fourth-order valence-corrected chi connectivity index (χ4v) is 3.89. The summed E-state index contributed by atoms with van der Waals surface area (Å²) in [5.41, 5.74) is 0. The predicted molar refractivity (Wildman–Crippen MR) is 124 cm³/mol. The normalized spacial score (nSPS) is 12.1. The van der Waals surface area contributed by atoms with Crippen molar-refractivity contribution in [2.75, 3.05) is 18.5 Å². The molecule has 0 heterocycles. The number of unbranched alkanes of at least 4 members (excludes halogenated alkanes) is 12. The van der Waals surface area contributed by atoms with Gasteiger partial charge in [0.25, 0.3) is 0 Å². The van der Waals surface area contributed by atoms with Crippen LogP contribution in [0.2, 0.25) is 0 Å². The van der Waals surface area contributed by atoms with Crippen molar-refractivity contribution in [3.63, 3.8) is 0 Å². The van der Waals surface area contributed by atoms with Crippen LogP contribution in [-0.2, 0) is 9.47 Å². The second-order valence-electron chi connectivity index (χ2n) is 8.14. The summed E-state index contributed by atoms with van der Waals surface area (Å²) in [5.74, 6) is 0.500. The van der Waals surface area contributed by atoms with Gasteiger partial charge in [-0.25, -0.2) is 4.79 Å². The summed E-state index contributed by atoms with van der Waals surface area (Å²) < 4.78 is 10.7. The van der Waals surface area contributed by atoms with Gasteiger partial charge in [0.15, 0.2) is 0 Å². The van der Waals surface area contributed by atoms with Gasteiger partial charge < -0.3 is 9.47 Å². The van der Waals surface area contributed by atoms with Crippen molar-refractivity contribution in [1.29, 1.82) is 0 Å². The Balaban J connectivity index is 3.87. The molecule has 4 heteroatoms. The van der Waals surface area contributed by atoms with Gasteiger partial charge in [-0.15, -0.1) is 0 Å². The predicted octanol–water partition coefficient (Wildman–Crippen LogP) is 8.82. The maximum absolute atomic E-state index is 11.9. The van der Waals surface area contributed by atoms with Crippen molar-refractivity contribution in [1.82, 2.24) is 0 Å². The minimum Gasteiger partial charge on any atom is -0.434 e. The molecule has 3 nitrogen and oxygen atoms in total. The van der Waals surface area contributed by atoms with E-state index in [-0.39, 0.29) is 0 Å². The molecule has 0 aromatic carbocycles. The highest BCUT2D eigenvalue weighted by Gasteiger charge is 2.13. The number of halogens is 1. The van der Waals surface area contributed by atoms with Crippen molar-refractivity contribution in [2.24, 2.45) is 5.92 Å². The van der Waals surface area contributed by atoms with Gasteiger partial charge in [-0.05, 0) is 31.6 Å². The summed E-state index contributed by atoms with van der Waals surface area (Å²) >= 11 is 3.45. The number of carbonyl (C=O) groups excluding carboxylic acids is 1. The van der Waals surface area contributed by atoms with E-state index in [1.807, 2.05) is 0 Å². The lowest BCUT2D eigenvalue weighted by Crippen LogP contribution is -2.16. The van der Waals surface area contributed by atoms with Gasteiger partial charge in [0, 0.05) is 5.33 Å². The van der Waals surface area contributed by atoms with Crippen LogP contribution in [0, 0.1) is 5.92 Å². The van der Waals surface area contributed by atoms with Crippen molar-refractivity contribution in [3.8, 4) is 0 Å². The summed E-state index contributed by atoms with van der Waals surface area (Å²) in [6, 6.07) is 0. The molecule has 0 aliphatic carbocycles. The maximum Gasteiger partial charge on any atom is 0.508 e. The summed E-state index contributed by atoms with van der Waals surface area (Å²) in [6.07, 6.45) is 20.7. The minimum atomic E-state index is -0.470. The number of carbonyl (C=O) groups is 1. The molecule has 0 amide bonds. The summed E-state index contributed by atoms with van der Waals surface area (Å²) in [6.45, 7) is 5.53. The third kappa shape index (κ3) is 20.5. The van der Waals surface area contributed by atoms with E-state index in [1.54, 1.807) is 0 Å². The molecule has 0 fully saturated rings. The van der Waals surface area contributed by atoms with Crippen molar-refractivity contribution in [3.05, 3.63) is 0 Å². The van der Waals surface area contributed by atoms with Crippen LogP contribution >= 0.6 is 15.9 Å². The van der Waals surface area contributed by atoms with E-state index in [0.717, 1.165) is 18.2 Å². The van der Waals surface area contributed by atoms with E-state index in [1.165, 1.54) is 96.3 Å². The standard InChI is InChI=1S/C24H47BrO3/c1-3-5-7-9-11-15-19-23(18-14-8-6-4-2)22-28-24(26)27-21-17-13-10-12-16-20-25/h23H,3-22H2,1-2H3. The smallest absolute Gasteiger partial charge is 0.434 e. The summed E-state index contributed by atoms with van der Waals surface area (Å²) in [7, 11) is 0. The Morgan fingerprint density at radius 3 is 1.79 bits per heavy atom. The van der Waals surface area contributed by atoms with Gasteiger partial charge in [0.1, 0.15) is 0 Å². The molecule has 0 N–H and O–H groups in total. The first-order valence-corrected chi connectivity index (χ1v) is 13.2. The highest BCUT2D eigenvalue weighted by atomic mass is 79.9. The monoisotopic (exact) mass is 462 g/mol. The van der Waals surface area contributed by atoms with Gasteiger partial charge in [0.05, 0.1) is 13.2 Å². The van der Waals surface area contributed by atoms with Crippen LogP contribution in [0.3, 0.4) is 0 Å². The molecule has 0 spiro atoms. The molecule has 1 atom stereocenters. The Kier molecular flexibility index (Phi) is 22.8. The Morgan fingerprint density at radius 2 is 1.18 bits per heavy atom. The largest absolute Gasteiger partial charge is 0.508 e. The third-order valence-corrected chi connectivity index (χ3v) is 5.93. The summed E-state index contributed by atoms with van der Waals surface area (Å²) in [5, 5.41) is 1.08. The van der Waals surface area contributed by atoms with Gasteiger partial charge in [-0.3, -0.25) is 0 Å². The van der Waals surface area contributed by atoms with Crippen LogP contribution in [0.5, 0.6) is 0 Å². The molecular formula is C24H47BrO3. The second-order valence-corrected chi connectivity index (χ2v) is 8.93. The Morgan fingerprint density at radius 1 is 0.679 bits per heavy atom. The van der Waals surface area contributed by atoms with E-state index in [4.69, 9.17) is 9.47 Å². The van der Waals surface area contributed by atoms with Gasteiger partial charge in [-0.1, -0.05) is 113 Å². The van der Waals surface area contributed by atoms with Gasteiger partial charge >= 0.3 is 6.16 Å². The van der Waals surface area contributed by atoms with E-state index >= 15 is 0 Å². The maximum atomic E-state index is 11.9. The zero-order valence-electron chi connectivity index (χ0n) is 18.8. The SMILES string of the molecule is CCCCCCCCC(CCCCCC)COC(=O)OCCCCCCCBr. The fourth-order valence-electron chi connectivity index (χ4n) is 3.49. The van der Waals surface area contributed by atoms with Crippen LogP contribution in [0.4, 0.5) is 4.79 Å². The van der Waals surface area contributed by atoms with Crippen LogP contribution in [-0.4, -0.2) is 24.7 Å². The van der Waals surface area contributed by atoms with Crippen molar-refractivity contribution in [2.45, 2.75) is 123 Å². The molecule has 0 radical (unpaired) electrons. The Hall–Kier alpha value is -0.250. The number of hydrogen-bond acceptors (Lipinski definition) is 3. The van der Waals surface area contributed by atoms with Crippen LogP contribution in [0.15, 0.2) is 0 Å². The second kappa shape index (κ2) is 23.0. The first kappa shape index (κ1) is 27.8. The van der Waals surface area contributed by atoms with Crippen LogP contribution < -0.4 is 0 Å². The van der Waals surface area contributed by atoms with Gasteiger partial charge in [0.2, 0.25) is 0 Å². The van der Waals surface area contributed by atoms with E-state index in [0.29, 0.717) is 19.1 Å². The number of alkyl halides is 1.